The first kappa shape index (κ1) is 13.2. The molecule has 16 heavy (non-hydrogen) atoms. The van der Waals surface area contributed by atoms with Gasteiger partial charge in [0.2, 0.25) is 5.91 Å². The minimum Gasteiger partial charge on any atom is -0.377 e. The van der Waals surface area contributed by atoms with Gasteiger partial charge in [0.1, 0.15) is 6.04 Å². The van der Waals surface area contributed by atoms with Crippen molar-refractivity contribution in [1.82, 2.24) is 5.32 Å². The van der Waals surface area contributed by atoms with E-state index < -0.39 is 6.04 Å². The summed E-state index contributed by atoms with van der Waals surface area (Å²) in [7, 11) is 1.62. The molecule has 4 nitrogen and oxygen atoms in total. The first-order valence-electron chi connectivity index (χ1n) is 5.08. The normalized spacial score (nSPS) is 13.5. The van der Waals surface area contributed by atoms with Crippen LogP contribution >= 0.6 is 11.3 Å². The van der Waals surface area contributed by atoms with Crippen molar-refractivity contribution in [1.29, 1.82) is 0 Å². The summed E-state index contributed by atoms with van der Waals surface area (Å²) in [4.78, 5) is 12.6. The maximum atomic E-state index is 11.7. The summed E-state index contributed by atoms with van der Waals surface area (Å²) in [6.07, 6.45) is 0. The zero-order valence-electron chi connectivity index (χ0n) is 9.82. The highest BCUT2D eigenvalue weighted by Crippen LogP contribution is 2.16. The predicted molar refractivity (Wildman–Crippen MR) is 65.3 cm³/mol. The standard InChI is InChI=1S/C11H18N2O2S/c1-11(2,15-3)7-13-10(14)9(12)8-5-4-6-16-8/h4-6,9H,7,12H2,1-3H3,(H,13,14). The van der Waals surface area contributed by atoms with Gasteiger partial charge in [0, 0.05) is 18.5 Å². The quantitative estimate of drug-likeness (QED) is 0.817. The molecule has 1 atom stereocenters. The lowest BCUT2D eigenvalue weighted by molar-refractivity contribution is -0.123. The van der Waals surface area contributed by atoms with Crippen LogP contribution in [0.3, 0.4) is 0 Å². The number of ether oxygens (including phenoxy) is 1. The van der Waals surface area contributed by atoms with E-state index in [1.165, 1.54) is 11.3 Å². The number of nitrogens with one attached hydrogen (secondary N) is 1. The molecule has 0 fully saturated rings. The molecule has 1 rings (SSSR count). The highest BCUT2D eigenvalue weighted by molar-refractivity contribution is 7.10. The number of carbonyl (C=O) groups excluding carboxylic acids is 1. The summed E-state index contributed by atoms with van der Waals surface area (Å²) < 4.78 is 5.21. The topological polar surface area (TPSA) is 64.3 Å². The Morgan fingerprint density at radius 1 is 1.69 bits per heavy atom. The van der Waals surface area contributed by atoms with E-state index in [-0.39, 0.29) is 11.5 Å². The number of amides is 1. The molecule has 5 heteroatoms. The van der Waals surface area contributed by atoms with Gasteiger partial charge >= 0.3 is 0 Å². The van der Waals surface area contributed by atoms with Gasteiger partial charge in [0.25, 0.3) is 0 Å². The monoisotopic (exact) mass is 242 g/mol. The van der Waals surface area contributed by atoms with Gasteiger partial charge in [-0.3, -0.25) is 4.79 Å². The molecule has 1 aromatic rings. The van der Waals surface area contributed by atoms with Crippen LogP contribution < -0.4 is 11.1 Å². The first-order chi connectivity index (χ1) is 7.46. The molecule has 3 N–H and O–H groups in total. The molecule has 0 saturated heterocycles. The largest absolute Gasteiger partial charge is 0.377 e. The molecule has 0 aliphatic rings. The zero-order chi connectivity index (χ0) is 12.2. The van der Waals surface area contributed by atoms with Crippen LogP contribution in [-0.4, -0.2) is 25.2 Å². The fourth-order valence-electron chi connectivity index (χ4n) is 1.08. The summed E-state index contributed by atoms with van der Waals surface area (Å²) in [5, 5.41) is 4.68. The minimum absolute atomic E-state index is 0.174. The van der Waals surface area contributed by atoms with Gasteiger partial charge in [0.15, 0.2) is 0 Å². The molecule has 0 radical (unpaired) electrons. The van der Waals surface area contributed by atoms with Crippen molar-refractivity contribution in [3.05, 3.63) is 22.4 Å². The van der Waals surface area contributed by atoms with Crippen molar-refractivity contribution in [3.8, 4) is 0 Å². The molecule has 0 saturated carbocycles. The molecule has 0 aliphatic heterocycles. The summed E-state index contributed by atoms with van der Waals surface area (Å²) in [5.74, 6) is -0.174. The van der Waals surface area contributed by atoms with Gasteiger partial charge in [-0.2, -0.15) is 0 Å². The average molecular weight is 242 g/mol. The van der Waals surface area contributed by atoms with Gasteiger partial charge in [-0.15, -0.1) is 11.3 Å². The minimum atomic E-state index is -0.590. The molecule has 1 aromatic heterocycles. The van der Waals surface area contributed by atoms with E-state index in [1.54, 1.807) is 7.11 Å². The molecule has 90 valence electrons. The second-order valence-corrected chi connectivity index (χ2v) is 5.15. The van der Waals surface area contributed by atoms with Gasteiger partial charge in [-0.05, 0) is 25.3 Å². The van der Waals surface area contributed by atoms with E-state index in [0.29, 0.717) is 6.54 Å². The van der Waals surface area contributed by atoms with Gasteiger partial charge < -0.3 is 15.8 Å². The third kappa shape index (κ3) is 3.59. The van der Waals surface area contributed by atoms with Crippen LogP contribution in [-0.2, 0) is 9.53 Å². The number of nitrogens with two attached hydrogens (primary N) is 1. The zero-order valence-corrected chi connectivity index (χ0v) is 10.6. The maximum Gasteiger partial charge on any atom is 0.242 e. The van der Waals surface area contributed by atoms with Gasteiger partial charge in [0.05, 0.1) is 5.60 Å². The number of thiophene rings is 1. The van der Waals surface area contributed by atoms with E-state index in [9.17, 15) is 4.79 Å². The Morgan fingerprint density at radius 3 is 2.88 bits per heavy atom. The fourth-order valence-corrected chi connectivity index (χ4v) is 1.80. The van der Waals surface area contributed by atoms with E-state index in [2.05, 4.69) is 5.32 Å². The summed E-state index contributed by atoms with van der Waals surface area (Å²) in [6.45, 7) is 4.26. The number of hydrogen-bond acceptors (Lipinski definition) is 4. The van der Waals surface area contributed by atoms with Crippen LogP contribution in [0.4, 0.5) is 0 Å². The fraction of sp³-hybridized carbons (Fsp3) is 0.545. The molecule has 0 aromatic carbocycles. The molecular weight excluding hydrogens is 224 g/mol. The lowest BCUT2D eigenvalue weighted by atomic mass is 10.1. The van der Waals surface area contributed by atoms with Crippen LogP contribution in [0.1, 0.15) is 24.8 Å². The summed E-state index contributed by atoms with van der Waals surface area (Å²) in [6, 6.07) is 3.15. The molecular formula is C11H18N2O2S. The van der Waals surface area contributed by atoms with Crippen molar-refractivity contribution in [2.75, 3.05) is 13.7 Å². The summed E-state index contributed by atoms with van der Waals surface area (Å²) in [5.41, 5.74) is 5.44. The second kappa shape index (κ2) is 5.43. The smallest absolute Gasteiger partial charge is 0.242 e. The Hall–Kier alpha value is -0.910. The van der Waals surface area contributed by atoms with Crippen molar-refractivity contribution in [2.24, 2.45) is 5.73 Å². The Balaban J connectivity index is 2.47. The Labute approximate surface area is 99.8 Å². The number of methoxy groups -OCH3 is 1. The van der Waals surface area contributed by atoms with E-state index >= 15 is 0 Å². The van der Waals surface area contributed by atoms with Crippen molar-refractivity contribution >= 4 is 17.2 Å². The highest BCUT2D eigenvalue weighted by atomic mass is 32.1. The third-order valence-corrected chi connectivity index (χ3v) is 3.33. The summed E-state index contributed by atoms with van der Waals surface area (Å²) >= 11 is 1.48. The third-order valence-electron chi connectivity index (χ3n) is 2.37. The number of carbonyl (C=O) groups is 1. The van der Waals surface area contributed by atoms with E-state index in [4.69, 9.17) is 10.5 Å². The first-order valence-corrected chi connectivity index (χ1v) is 5.96. The van der Waals surface area contributed by atoms with Crippen molar-refractivity contribution in [3.63, 3.8) is 0 Å². The molecule has 0 aliphatic carbocycles. The molecule has 0 bridgehead atoms. The second-order valence-electron chi connectivity index (χ2n) is 4.17. The highest BCUT2D eigenvalue weighted by Gasteiger charge is 2.21. The lowest BCUT2D eigenvalue weighted by Crippen LogP contribution is -2.43. The SMILES string of the molecule is COC(C)(C)CNC(=O)C(N)c1cccs1. The van der Waals surface area contributed by atoms with Crippen LogP contribution in [0.15, 0.2) is 17.5 Å². The number of hydrogen-bond donors (Lipinski definition) is 2. The predicted octanol–water partition coefficient (Wildman–Crippen LogP) is 1.29. The Bertz CT molecular complexity index is 336. The van der Waals surface area contributed by atoms with E-state index in [1.807, 2.05) is 31.4 Å². The van der Waals surface area contributed by atoms with Crippen LogP contribution in [0, 0.1) is 0 Å². The van der Waals surface area contributed by atoms with Crippen LogP contribution in [0.25, 0.3) is 0 Å². The van der Waals surface area contributed by atoms with Crippen molar-refractivity contribution < 1.29 is 9.53 Å². The molecule has 0 spiro atoms. The Kier molecular flexibility index (Phi) is 4.46. The number of rotatable bonds is 5. The van der Waals surface area contributed by atoms with Gasteiger partial charge in [-0.25, -0.2) is 0 Å². The maximum absolute atomic E-state index is 11.7. The lowest BCUT2D eigenvalue weighted by Gasteiger charge is -2.23. The Morgan fingerprint density at radius 2 is 2.38 bits per heavy atom. The average Bonchev–Trinajstić information content (AvgIpc) is 2.78. The molecule has 1 amide bonds. The van der Waals surface area contributed by atoms with E-state index in [0.717, 1.165) is 4.88 Å². The molecule has 1 heterocycles. The van der Waals surface area contributed by atoms with Crippen LogP contribution in [0.2, 0.25) is 0 Å². The molecule has 1 unspecified atom stereocenters. The van der Waals surface area contributed by atoms with Crippen molar-refractivity contribution in [2.45, 2.75) is 25.5 Å². The van der Waals surface area contributed by atoms with Crippen LogP contribution in [0.5, 0.6) is 0 Å². The van der Waals surface area contributed by atoms with Gasteiger partial charge in [-0.1, -0.05) is 6.07 Å².